The molecule has 0 fully saturated rings. The maximum atomic E-state index is 12.3. The number of rotatable bonds is 4. The molecule has 24 heavy (non-hydrogen) atoms. The summed E-state index contributed by atoms with van der Waals surface area (Å²) in [6, 6.07) is 2.23. The predicted molar refractivity (Wildman–Crippen MR) is 89.2 cm³/mol. The average Bonchev–Trinajstić information content (AvgIpc) is 3.30. The van der Waals surface area contributed by atoms with Crippen molar-refractivity contribution in [2.24, 2.45) is 0 Å². The first-order valence-corrected chi connectivity index (χ1v) is 8.44. The molecule has 6 nitrogen and oxygen atoms in total. The Bertz CT molecular complexity index is 739. The van der Waals surface area contributed by atoms with Gasteiger partial charge < -0.3 is 13.9 Å². The number of fused-ring (bicyclic) bond motifs is 1. The Balaban J connectivity index is 1.45. The number of hydrogen-bond donors (Lipinski definition) is 0. The van der Waals surface area contributed by atoms with E-state index in [1.807, 2.05) is 29.3 Å². The third-order valence-corrected chi connectivity index (χ3v) is 4.88. The molecule has 0 bridgehead atoms. The number of hydrogen-bond acceptors (Lipinski definition) is 4. The second-order valence-electron chi connectivity index (χ2n) is 6.51. The molecular formula is C18H22N4O2. The number of carbonyl (C=O) groups excluding carboxylic acids is 1. The molecule has 2 aromatic rings. The van der Waals surface area contributed by atoms with Gasteiger partial charge in [-0.1, -0.05) is 12.2 Å². The molecule has 4 heterocycles. The quantitative estimate of drug-likeness (QED) is 0.807. The van der Waals surface area contributed by atoms with Crippen molar-refractivity contribution >= 4 is 5.91 Å². The molecule has 0 radical (unpaired) electrons. The summed E-state index contributed by atoms with van der Waals surface area (Å²) in [5.74, 6) is 1.20. The first kappa shape index (κ1) is 15.2. The van der Waals surface area contributed by atoms with Crippen LogP contribution in [0, 0.1) is 0 Å². The van der Waals surface area contributed by atoms with Crippen molar-refractivity contribution in [1.82, 2.24) is 19.4 Å². The zero-order valence-electron chi connectivity index (χ0n) is 13.9. The number of aromatic nitrogens is 2. The normalized spacial score (nSPS) is 20.5. The van der Waals surface area contributed by atoms with E-state index in [0.29, 0.717) is 6.42 Å². The van der Waals surface area contributed by atoms with Crippen molar-refractivity contribution in [3.05, 3.63) is 54.0 Å². The van der Waals surface area contributed by atoms with E-state index in [2.05, 4.69) is 16.4 Å². The van der Waals surface area contributed by atoms with Gasteiger partial charge in [-0.25, -0.2) is 4.98 Å². The van der Waals surface area contributed by atoms with Crippen LogP contribution in [-0.2, 0) is 24.3 Å². The van der Waals surface area contributed by atoms with Gasteiger partial charge in [-0.3, -0.25) is 9.69 Å². The van der Waals surface area contributed by atoms with E-state index in [9.17, 15) is 4.79 Å². The van der Waals surface area contributed by atoms with Gasteiger partial charge >= 0.3 is 0 Å². The van der Waals surface area contributed by atoms with Crippen LogP contribution in [0.4, 0.5) is 0 Å². The summed E-state index contributed by atoms with van der Waals surface area (Å²) in [5, 5.41) is 0. The van der Waals surface area contributed by atoms with Gasteiger partial charge in [0.05, 0.1) is 30.7 Å². The monoisotopic (exact) mass is 326 g/mol. The molecule has 0 aromatic carbocycles. The topological polar surface area (TPSA) is 54.5 Å². The molecule has 2 aromatic heterocycles. The summed E-state index contributed by atoms with van der Waals surface area (Å²) >= 11 is 0. The molecule has 6 heteroatoms. The number of furan rings is 1. The van der Waals surface area contributed by atoms with Gasteiger partial charge in [0.15, 0.2) is 0 Å². The lowest BCUT2D eigenvalue weighted by Gasteiger charge is -2.33. The molecule has 0 aliphatic carbocycles. The third-order valence-electron chi connectivity index (χ3n) is 4.88. The minimum Gasteiger partial charge on any atom is -0.472 e. The minimum atomic E-state index is 0.151. The van der Waals surface area contributed by atoms with Crippen LogP contribution in [0.1, 0.15) is 30.0 Å². The van der Waals surface area contributed by atoms with E-state index in [1.54, 1.807) is 12.5 Å². The fourth-order valence-corrected chi connectivity index (χ4v) is 3.46. The van der Waals surface area contributed by atoms with Crippen LogP contribution in [0.3, 0.4) is 0 Å². The smallest absolute Gasteiger partial charge is 0.229 e. The molecule has 4 rings (SSSR count). The van der Waals surface area contributed by atoms with Crippen LogP contribution in [0.25, 0.3) is 0 Å². The molecule has 126 valence electrons. The second kappa shape index (κ2) is 6.28. The van der Waals surface area contributed by atoms with Gasteiger partial charge in [0, 0.05) is 44.5 Å². The van der Waals surface area contributed by atoms with Gasteiger partial charge in [0.2, 0.25) is 5.91 Å². The van der Waals surface area contributed by atoms with Crippen LogP contribution in [-0.4, -0.2) is 44.9 Å². The van der Waals surface area contributed by atoms with Gasteiger partial charge in [-0.2, -0.15) is 0 Å². The summed E-state index contributed by atoms with van der Waals surface area (Å²) in [6.45, 7) is 6.36. The summed E-state index contributed by atoms with van der Waals surface area (Å²) < 4.78 is 7.36. The van der Waals surface area contributed by atoms with Crippen molar-refractivity contribution < 1.29 is 9.21 Å². The second-order valence-corrected chi connectivity index (χ2v) is 6.51. The van der Waals surface area contributed by atoms with Crippen molar-refractivity contribution in [3.8, 4) is 0 Å². The van der Waals surface area contributed by atoms with Crippen molar-refractivity contribution in [3.63, 3.8) is 0 Å². The number of amides is 1. The van der Waals surface area contributed by atoms with Gasteiger partial charge in [-0.15, -0.1) is 0 Å². The Morgan fingerprint density at radius 3 is 2.92 bits per heavy atom. The van der Waals surface area contributed by atoms with Crippen LogP contribution >= 0.6 is 0 Å². The molecular weight excluding hydrogens is 304 g/mol. The highest BCUT2D eigenvalue weighted by Crippen LogP contribution is 2.26. The van der Waals surface area contributed by atoms with Crippen molar-refractivity contribution in [2.75, 3.05) is 19.6 Å². The Labute approximate surface area is 141 Å². The van der Waals surface area contributed by atoms with Gasteiger partial charge in [0.25, 0.3) is 0 Å². The van der Waals surface area contributed by atoms with E-state index in [-0.39, 0.29) is 11.9 Å². The lowest BCUT2D eigenvalue weighted by atomic mass is 10.2. The van der Waals surface area contributed by atoms with E-state index in [0.717, 1.165) is 44.2 Å². The molecule has 1 atom stereocenters. The fourth-order valence-electron chi connectivity index (χ4n) is 3.46. The lowest BCUT2D eigenvalue weighted by molar-refractivity contribution is -0.129. The van der Waals surface area contributed by atoms with Crippen molar-refractivity contribution in [2.45, 2.75) is 32.5 Å². The lowest BCUT2D eigenvalue weighted by Crippen LogP contribution is -2.36. The van der Waals surface area contributed by atoms with E-state index >= 15 is 0 Å². The third kappa shape index (κ3) is 2.89. The summed E-state index contributed by atoms with van der Waals surface area (Å²) in [7, 11) is 0. The molecule has 0 N–H and O–H groups in total. The van der Waals surface area contributed by atoms with Gasteiger partial charge in [0.1, 0.15) is 5.82 Å². The zero-order valence-corrected chi connectivity index (χ0v) is 13.9. The highest BCUT2D eigenvalue weighted by Gasteiger charge is 2.27. The van der Waals surface area contributed by atoms with Crippen molar-refractivity contribution in [1.29, 1.82) is 0 Å². The highest BCUT2D eigenvalue weighted by molar-refractivity contribution is 5.79. The van der Waals surface area contributed by atoms with E-state index < -0.39 is 0 Å². The number of carbonyl (C=O) groups is 1. The van der Waals surface area contributed by atoms with Gasteiger partial charge in [-0.05, 0) is 13.0 Å². The Hall–Kier alpha value is -2.34. The zero-order chi connectivity index (χ0) is 16.5. The standard InChI is InChI=1S/C18H22N4O2/c1-14-18-19-16(10-17(23)20-5-2-3-6-20)12-22(18)8-7-21(14)11-15-4-9-24-13-15/h2-4,9,12-14H,5-8,10-11H2,1H3/t14-/m1/s1. The fraction of sp³-hybridized carbons (Fsp3) is 0.444. The molecule has 1 amide bonds. The molecule has 0 saturated heterocycles. The molecule has 2 aliphatic heterocycles. The largest absolute Gasteiger partial charge is 0.472 e. The maximum absolute atomic E-state index is 12.3. The van der Waals surface area contributed by atoms with Crippen LogP contribution in [0.5, 0.6) is 0 Å². The molecule has 0 spiro atoms. The Kier molecular flexibility index (Phi) is 3.98. The molecule has 0 saturated carbocycles. The Morgan fingerprint density at radius 2 is 2.17 bits per heavy atom. The summed E-state index contributed by atoms with van der Waals surface area (Å²) in [6.07, 6.45) is 10.0. The highest BCUT2D eigenvalue weighted by atomic mass is 16.3. The molecule has 0 unspecified atom stereocenters. The van der Waals surface area contributed by atoms with Crippen LogP contribution in [0.2, 0.25) is 0 Å². The SMILES string of the molecule is C[C@@H]1c2nc(CC(=O)N3CC=CC3)cn2CCN1Cc1ccoc1. The van der Waals surface area contributed by atoms with E-state index in [4.69, 9.17) is 9.40 Å². The first-order chi connectivity index (χ1) is 11.7. The Morgan fingerprint density at radius 1 is 1.33 bits per heavy atom. The predicted octanol–water partition coefficient (Wildman–Crippen LogP) is 1.99. The first-order valence-electron chi connectivity index (χ1n) is 8.44. The maximum Gasteiger partial charge on any atom is 0.229 e. The minimum absolute atomic E-state index is 0.151. The molecule has 2 aliphatic rings. The van der Waals surface area contributed by atoms with Crippen LogP contribution in [0.15, 0.2) is 41.4 Å². The summed E-state index contributed by atoms with van der Waals surface area (Å²) in [5.41, 5.74) is 2.05. The number of imidazole rings is 1. The van der Waals surface area contributed by atoms with Crippen LogP contribution < -0.4 is 0 Å². The summed E-state index contributed by atoms with van der Waals surface area (Å²) in [4.78, 5) is 21.3. The van der Waals surface area contributed by atoms with E-state index in [1.165, 1.54) is 5.56 Å². The average molecular weight is 326 g/mol. The number of nitrogens with zero attached hydrogens (tertiary/aromatic N) is 4.